The number of aromatic nitrogens is 1. The van der Waals surface area contributed by atoms with Gasteiger partial charge in [-0.1, -0.05) is 0 Å². The van der Waals surface area contributed by atoms with Crippen LogP contribution >= 0.6 is 0 Å². The molecule has 3 amide bonds. The number of nitrogens with zero attached hydrogens (tertiary/aromatic N) is 4. The minimum atomic E-state index is -0.637. The summed E-state index contributed by atoms with van der Waals surface area (Å²) in [6, 6.07) is 4.03. The molecule has 1 saturated heterocycles. The molecular weight excluding hydrogens is 398 g/mol. The lowest BCUT2D eigenvalue weighted by Gasteiger charge is -2.44. The van der Waals surface area contributed by atoms with Crippen molar-refractivity contribution in [2.75, 3.05) is 39.1 Å². The van der Waals surface area contributed by atoms with Gasteiger partial charge in [0.2, 0.25) is 0 Å². The number of rotatable bonds is 4. The van der Waals surface area contributed by atoms with Gasteiger partial charge in [0, 0.05) is 38.7 Å². The van der Waals surface area contributed by atoms with Crippen molar-refractivity contribution in [3.63, 3.8) is 0 Å². The number of hydrogen-bond donors (Lipinski definition) is 1. The number of oxazole rings is 1. The highest BCUT2D eigenvalue weighted by atomic mass is 16.5. The van der Waals surface area contributed by atoms with Gasteiger partial charge in [-0.2, -0.15) is 0 Å². The van der Waals surface area contributed by atoms with Crippen LogP contribution in [0.4, 0.5) is 10.5 Å². The Bertz CT molecular complexity index is 1020. The summed E-state index contributed by atoms with van der Waals surface area (Å²) >= 11 is 0. The average molecular weight is 425 g/mol. The summed E-state index contributed by atoms with van der Waals surface area (Å²) in [5.41, 5.74) is 1.27. The SMILES string of the molecule is CCN(C(=O)N1CCC2(C1)Nc1cc(OC)c(-c3cnco3)cc1C(=O)N2C)C1CC1. The molecule has 0 radical (unpaired) electrons. The lowest BCUT2D eigenvalue weighted by atomic mass is 9.96. The molecule has 9 nitrogen and oxygen atoms in total. The third-order valence-corrected chi connectivity index (χ3v) is 6.67. The molecule has 1 atom stereocenters. The highest BCUT2D eigenvalue weighted by Crippen LogP contribution is 2.42. The van der Waals surface area contributed by atoms with Gasteiger partial charge in [0.05, 0.1) is 36.7 Å². The van der Waals surface area contributed by atoms with Crippen LogP contribution in [0.2, 0.25) is 0 Å². The molecule has 0 bridgehead atoms. The molecule has 1 saturated carbocycles. The largest absolute Gasteiger partial charge is 0.496 e. The van der Waals surface area contributed by atoms with Gasteiger partial charge in [-0.05, 0) is 25.8 Å². The quantitative estimate of drug-likeness (QED) is 0.810. The maximum absolute atomic E-state index is 13.4. The molecule has 1 N–H and O–H groups in total. The van der Waals surface area contributed by atoms with E-state index in [1.165, 1.54) is 6.39 Å². The van der Waals surface area contributed by atoms with Crippen LogP contribution in [0.15, 0.2) is 29.1 Å². The molecule has 1 unspecified atom stereocenters. The number of fused-ring (bicyclic) bond motifs is 1. The first-order valence-corrected chi connectivity index (χ1v) is 10.7. The van der Waals surface area contributed by atoms with Gasteiger partial charge >= 0.3 is 6.03 Å². The third-order valence-electron chi connectivity index (χ3n) is 6.67. The van der Waals surface area contributed by atoms with Crippen LogP contribution in [0.25, 0.3) is 11.3 Å². The molecule has 3 heterocycles. The molecule has 1 aliphatic carbocycles. The molecule has 1 aromatic heterocycles. The molecule has 3 aliphatic rings. The van der Waals surface area contributed by atoms with Crippen molar-refractivity contribution >= 4 is 17.6 Å². The molecule has 5 rings (SSSR count). The number of benzene rings is 1. The maximum atomic E-state index is 13.4. The Labute approximate surface area is 180 Å². The van der Waals surface area contributed by atoms with Crippen LogP contribution in [-0.2, 0) is 0 Å². The number of likely N-dealkylation sites (tertiary alicyclic amines) is 1. The Balaban J connectivity index is 1.45. The van der Waals surface area contributed by atoms with E-state index in [1.54, 1.807) is 31.3 Å². The van der Waals surface area contributed by atoms with Crippen molar-refractivity contribution < 1.29 is 18.7 Å². The van der Waals surface area contributed by atoms with Gasteiger partial charge in [-0.15, -0.1) is 0 Å². The molecule has 2 aliphatic heterocycles. The standard InChI is InChI=1S/C22H27N5O4/c1-4-27(14-5-6-14)21(29)26-8-7-22(12-26)24-17-10-18(30-3)16(19-11-23-13-31-19)9-15(17)20(28)25(22)2/h9-11,13-14,24H,4-8,12H2,1-3H3. The number of likely N-dealkylation sites (N-methyl/N-ethyl adjacent to an activating group) is 1. The van der Waals surface area contributed by atoms with Crippen LogP contribution in [0.1, 0.15) is 36.5 Å². The van der Waals surface area contributed by atoms with Gasteiger partial charge in [-0.3, -0.25) is 4.79 Å². The summed E-state index contributed by atoms with van der Waals surface area (Å²) in [6.45, 7) is 3.78. The highest BCUT2D eigenvalue weighted by Gasteiger charge is 2.50. The monoisotopic (exact) mass is 425 g/mol. The number of nitrogens with one attached hydrogen (secondary N) is 1. The zero-order valence-corrected chi connectivity index (χ0v) is 18.1. The number of ether oxygens (including phenoxy) is 1. The van der Waals surface area contributed by atoms with Crippen molar-refractivity contribution in [3.8, 4) is 17.1 Å². The second-order valence-electron chi connectivity index (χ2n) is 8.46. The van der Waals surface area contributed by atoms with E-state index in [-0.39, 0.29) is 11.9 Å². The molecular formula is C22H27N5O4. The van der Waals surface area contributed by atoms with Crippen molar-refractivity contribution in [2.45, 2.75) is 37.9 Å². The summed E-state index contributed by atoms with van der Waals surface area (Å²) in [7, 11) is 3.38. The Kier molecular flexibility index (Phi) is 4.56. The normalized spacial score (nSPS) is 22.5. The third kappa shape index (κ3) is 3.10. The summed E-state index contributed by atoms with van der Waals surface area (Å²) < 4.78 is 11.0. The Morgan fingerprint density at radius 3 is 2.84 bits per heavy atom. The molecule has 31 heavy (non-hydrogen) atoms. The van der Waals surface area contributed by atoms with Crippen LogP contribution < -0.4 is 10.1 Å². The van der Waals surface area contributed by atoms with E-state index in [0.29, 0.717) is 60.4 Å². The first-order valence-electron chi connectivity index (χ1n) is 10.7. The fourth-order valence-corrected chi connectivity index (χ4v) is 4.73. The van der Waals surface area contributed by atoms with Gasteiger partial charge in [-0.25, -0.2) is 9.78 Å². The van der Waals surface area contributed by atoms with E-state index in [9.17, 15) is 9.59 Å². The molecule has 2 fully saturated rings. The van der Waals surface area contributed by atoms with Gasteiger partial charge in [0.1, 0.15) is 11.4 Å². The second kappa shape index (κ2) is 7.18. The number of carbonyl (C=O) groups excluding carboxylic acids is 2. The van der Waals surface area contributed by atoms with Crippen molar-refractivity contribution in [3.05, 3.63) is 30.3 Å². The topological polar surface area (TPSA) is 91.1 Å². The Hall–Kier alpha value is -3.23. The molecule has 1 aromatic carbocycles. The summed E-state index contributed by atoms with van der Waals surface area (Å²) in [5.74, 6) is 1.03. The molecule has 164 valence electrons. The minimum Gasteiger partial charge on any atom is -0.496 e. The number of anilines is 1. The van der Waals surface area contributed by atoms with E-state index >= 15 is 0 Å². The number of carbonyl (C=O) groups is 2. The zero-order chi connectivity index (χ0) is 21.8. The molecule has 9 heteroatoms. The maximum Gasteiger partial charge on any atom is 0.320 e. The zero-order valence-electron chi connectivity index (χ0n) is 18.1. The van der Waals surface area contributed by atoms with Gasteiger partial charge < -0.3 is 29.2 Å². The summed E-state index contributed by atoms with van der Waals surface area (Å²) in [4.78, 5) is 36.0. The van der Waals surface area contributed by atoms with Crippen LogP contribution in [0.5, 0.6) is 5.75 Å². The predicted octanol–water partition coefficient (Wildman–Crippen LogP) is 2.85. The minimum absolute atomic E-state index is 0.0635. The first kappa shape index (κ1) is 19.7. The fraction of sp³-hybridized carbons (Fsp3) is 0.500. The van der Waals surface area contributed by atoms with Crippen LogP contribution in [0, 0.1) is 0 Å². The second-order valence-corrected chi connectivity index (χ2v) is 8.46. The van der Waals surface area contributed by atoms with E-state index in [4.69, 9.17) is 9.15 Å². The van der Waals surface area contributed by atoms with E-state index in [2.05, 4.69) is 10.3 Å². The number of methoxy groups -OCH3 is 1. The highest BCUT2D eigenvalue weighted by molar-refractivity contribution is 6.04. The van der Waals surface area contributed by atoms with E-state index in [0.717, 1.165) is 12.8 Å². The smallest absolute Gasteiger partial charge is 0.320 e. The number of urea groups is 1. The van der Waals surface area contributed by atoms with Crippen LogP contribution in [0.3, 0.4) is 0 Å². The molecule has 2 aromatic rings. The fourth-order valence-electron chi connectivity index (χ4n) is 4.73. The first-order chi connectivity index (χ1) is 15.0. The van der Waals surface area contributed by atoms with Crippen molar-refractivity contribution in [1.29, 1.82) is 0 Å². The van der Waals surface area contributed by atoms with E-state index < -0.39 is 5.66 Å². The van der Waals surface area contributed by atoms with Crippen molar-refractivity contribution in [2.24, 2.45) is 0 Å². The van der Waals surface area contributed by atoms with Gasteiger partial charge in [0.15, 0.2) is 12.2 Å². The van der Waals surface area contributed by atoms with Gasteiger partial charge in [0.25, 0.3) is 5.91 Å². The Morgan fingerprint density at radius 2 is 2.19 bits per heavy atom. The van der Waals surface area contributed by atoms with Crippen molar-refractivity contribution in [1.82, 2.24) is 19.7 Å². The predicted molar refractivity (Wildman–Crippen MR) is 114 cm³/mol. The molecule has 1 spiro atoms. The average Bonchev–Trinajstić information content (AvgIpc) is 3.28. The Morgan fingerprint density at radius 1 is 1.39 bits per heavy atom. The lowest BCUT2D eigenvalue weighted by Crippen LogP contribution is -2.60. The van der Waals surface area contributed by atoms with Crippen LogP contribution in [-0.4, -0.2) is 77.1 Å². The van der Waals surface area contributed by atoms with E-state index in [1.807, 2.05) is 22.8 Å². The number of amides is 3. The number of hydrogen-bond acceptors (Lipinski definition) is 6. The summed E-state index contributed by atoms with van der Waals surface area (Å²) in [5, 5.41) is 3.55. The lowest BCUT2D eigenvalue weighted by molar-refractivity contribution is 0.0601. The summed E-state index contributed by atoms with van der Waals surface area (Å²) in [6.07, 6.45) is 5.76.